The number of non-ortho nitro benzene ring substituents is 1. The number of nitro groups is 2. The molecule has 136 valence electrons. The zero-order chi connectivity index (χ0) is 18.8. The SMILES string of the molecule is CC(C)c1ncc2c(n1)CCN(Cc1ccc([N+](=O)[O-])cc1[N+](=O)[O-])C2. The van der Waals surface area contributed by atoms with E-state index >= 15 is 0 Å². The zero-order valence-corrected chi connectivity index (χ0v) is 14.6. The molecule has 0 bridgehead atoms. The standard InChI is InChI=1S/C17H19N5O4/c1-11(2)17-18-8-13-10-20(6-5-15(13)19-17)9-12-3-4-14(21(23)24)7-16(12)22(25)26/h3-4,7-8,11H,5-6,9-10H2,1-2H3. The van der Waals surface area contributed by atoms with Gasteiger partial charge in [-0.2, -0.15) is 0 Å². The van der Waals surface area contributed by atoms with Crippen LogP contribution in [-0.2, 0) is 19.5 Å². The molecule has 1 aliphatic heterocycles. The number of nitrogens with zero attached hydrogens (tertiary/aromatic N) is 5. The minimum absolute atomic E-state index is 0.226. The second-order valence-electron chi connectivity index (χ2n) is 6.64. The minimum Gasteiger partial charge on any atom is -0.294 e. The first kappa shape index (κ1) is 17.9. The fourth-order valence-corrected chi connectivity index (χ4v) is 3.01. The fraction of sp³-hybridized carbons (Fsp3) is 0.412. The van der Waals surface area contributed by atoms with Crippen LogP contribution in [-0.4, -0.2) is 31.3 Å². The van der Waals surface area contributed by atoms with Gasteiger partial charge in [-0.3, -0.25) is 25.1 Å². The summed E-state index contributed by atoms with van der Waals surface area (Å²) < 4.78 is 0. The van der Waals surface area contributed by atoms with Crippen LogP contribution in [0.3, 0.4) is 0 Å². The normalized spacial score (nSPS) is 14.3. The average molecular weight is 357 g/mol. The van der Waals surface area contributed by atoms with Crippen molar-refractivity contribution in [3.05, 3.63) is 67.3 Å². The fourth-order valence-electron chi connectivity index (χ4n) is 3.01. The topological polar surface area (TPSA) is 115 Å². The molecule has 3 rings (SSSR count). The van der Waals surface area contributed by atoms with Gasteiger partial charge in [0.05, 0.1) is 15.9 Å². The molecule has 2 aromatic rings. The Morgan fingerprint density at radius 2 is 2.00 bits per heavy atom. The number of hydrogen-bond donors (Lipinski definition) is 0. The van der Waals surface area contributed by atoms with Gasteiger partial charge in [0.15, 0.2) is 0 Å². The van der Waals surface area contributed by atoms with Gasteiger partial charge < -0.3 is 0 Å². The van der Waals surface area contributed by atoms with Crippen LogP contribution in [0, 0.1) is 20.2 Å². The molecule has 0 amide bonds. The van der Waals surface area contributed by atoms with Gasteiger partial charge in [0, 0.05) is 61.1 Å². The van der Waals surface area contributed by atoms with E-state index in [-0.39, 0.29) is 17.3 Å². The van der Waals surface area contributed by atoms with Crippen molar-refractivity contribution in [2.45, 2.75) is 39.3 Å². The van der Waals surface area contributed by atoms with Gasteiger partial charge in [-0.1, -0.05) is 13.8 Å². The number of hydrogen-bond acceptors (Lipinski definition) is 7. The van der Waals surface area contributed by atoms with Crippen molar-refractivity contribution in [3.8, 4) is 0 Å². The summed E-state index contributed by atoms with van der Waals surface area (Å²) in [6.45, 7) is 5.76. The van der Waals surface area contributed by atoms with E-state index in [1.165, 1.54) is 12.1 Å². The third kappa shape index (κ3) is 3.67. The maximum absolute atomic E-state index is 11.3. The van der Waals surface area contributed by atoms with Gasteiger partial charge in [0.25, 0.3) is 11.4 Å². The molecule has 0 saturated carbocycles. The smallest absolute Gasteiger partial charge is 0.280 e. The molecule has 0 radical (unpaired) electrons. The molecule has 2 heterocycles. The Kier molecular flexibility index (Phi) is 4.90. The molecular weight excluding hydrogens is 338 g/mol. The van der Waals surface area contributed by atoms with Gasteiger partial charge in [-0.05, 0) is 6.07 Å². The first-order valence-electron chi connectivity index (χ1n) is 8.34. The summed E-state index contributed by atoms with van der Waals surface area (Å²) >= 11 is 0. The van der Waals surface area contributed by atoms with E-state index in [9.17, 15) is 20.2 Å². The Balaban J connectivity index is 1.80. The number of rotatable bonds is 5. The van der Waals surface area contributed by atoms with Crippen LogP contribution in [0.4, 0.5) is 11.4 Å². The van der Waals surface area contributed by atoms with E-state index in [0.29, 0.717) is 18.7 Å². The Morgan fingerprint density at radius 3 is 2.65 bits per heavy atom. The first-order chi connectivity index (χ1) is 12.3. The maximum Gasteiger partial charge on any atom is 0.280 e. The molecular formula is C17H19N5O4. The molecule has 1 aliphatic rings. The van der Waals surface area contributed by atoms with Crippen LogP contribution >= 0.6 is 0 Å². The average Bonchev–Trinajstić information content (AvgIpc) is 2.61. The predicted octanol–water partition coefficient (Wildman–Crippen LogP) is 2.97. The lowest BCUT2D eigenvalue weighted by Gasteiger charge is -2.28. The monoisotopic (exact) mass is 357 g/mol. The zero-order valence-electron chi connectivity index (χ0n) is 14.6. The van der Waals surface area contributed by atoms with Gasteiger partial charge in [-0.15, -0.1) is 0 Å². The van der Waals surface area contributed by atoms with E-state index in [0.717, 1.165) is 36.1 Å². The highest BCUT2D eigenvalue weighted by Gasteiger charge is 2.24. The first-order valence-corrected chi connectivity index (χ1v) is 8.34. The maximum atomic E-state index is 11.3. The highest BCUT2D eigenvalue weighted by molar-refractivity contribution is 5.49. The summed E-state index contributed by atoms with van der Waals surface area (Å²) in [5.41, 5.74) is 2.00. The Hall–Kier alpha value is -2.94. The lowest BCUT2D eigenvalue weighted by Crippen LogP contribution is -2.31. The number of benzene rings is 1. The number of nitro benzene ring substituents is 2. The highest BCUT2D eigenvalue weighted by Crippen LogP contribution is 2.27. The highest BCUT2D eigenvalue weighted by atomic mass is 16.6. The molecule has 0 N–H and O–H groups in total. The van der Waals surface area contributed by atoms with Crippen molar-refractivity contribution in [1.29, 1.82) is 0 Å². The van der Waals surface area contributed by atoms with E-state index in [1.54, 1.807) is 0 Å². The third-order valence-electron chi connectivity index (χ3n) is 4.42. The van der Waals surface area contributed by atoms with Crippen molar-refractivity contribution in [1.82, 2.24) is 14.9 Å². The van der Waals surface area contributed by atoms with E-state index in [1.807, 2.05) is 20.0 Å². The summed E-state index contributed by atoms with van der Waals surface area (Å²) in [5.74, 6) is 1.09. The minimum atomic E-state index is -0.627. The van der Waals surface area contributed by atoms with Crippen molar-refractivity contribution in [2.24, 2.45) is 0 Å². The second kappa shape index (κ2) is 7.12. The van der Waals surface area contributed by atoms with E-state index in [2.05, 4.69) is 14.9 Å². The molecule has 0 fully saturated rings. The lowest BCUT2D eigenvalue weighted by molar-refractivity contribution is -0.394. The predicted molar refractivity (Wildman–Crippen MR) is 93.7 cm³/mol. The Morgan fingerprint density at radius 1 is 1.23 bits per heavy atom. The molecule has 0 atom stereocenters. The molecule has 1 aromatic carbocycles. The van der Waals surface area contributed by atoms with Crippen LogP contribution in [0.25, 0.3) is 0 Å². The van der Waals surface area contributed by atoms with Crippen LogP contribution in [0.2, 0.25) is 0 Å². The van der Waals surface area contributed by atoms with Crippen molar-refractivity contribution in [3.63, 3.8) is 0 Å². The summed E-state index contributed by atoms with van der Waals surface area (Å²) in [6.07, 6.45) is 2.58. The molecule has 9 nitrogen and oxygen atoms in total. The largest absolute Gasteiger partial charge is 0.294 e. The third-order valence-corrected chi connectivity index (χ3v) is 4.42. The molecule has 1 aromatic heterocycles. The number of aromatic nitrogens is 2. The van der Waals surface area contributed by atoms with Gasteiger partial charge in [0.1, 0.15) is 5.82 Å². The molecule has 26 heavy (non-hydrogen) atoms. The second-order valence-corrected chi connectivity index (χ2v) is 6.64. The van der Waals surface area contributed by atoms with Crippen molar-refractivity contribution < 1.29 is 9.85 Å². The van der Waals surface area contributed by atoms with E-state index < -0.39 is 9.85 Å². The van der Waals surface area contributed by atoms with Gasteiger partial charge >= 0.3 is 0 Å². The van der Waals surface area contributed by atoms with E-state index in [4.69, 9.17) is 0 Å². The summed E-state index contributed by atoms with van der Waals surface area (Å²) in [6, 6.07) is 3.79. The molecule has 9 heteroatoms. The Labute approximate surface area is 150 Å². The molecule has 0 saturated heterocycles. The van der Waals surface area contributed by atoms with Crippen molar-refractivity contribution >= 4 is 11.4 Å². The summed E-state index contributed by atoms with van der Waals surface area (Å²) in [4.78, 5) is 32.0. The summed E-state index contributed by atoms with van der Waals surface area (Å²) in [5, 5.41) is 22.1. The molecule has 0 aliphatic carbocycles. The van der Waals surface area contributed by atoms with Crippen LogP contribution in [0.15, 0.2) is 24.4 Å². The lowest BCUT2D eigenvalue weighted by atomic mass is 10.0. The summed E-state index contributed by atoms with van der Waals surface area (Å²) in [7, 11) is 0. The molecule has 0 spiro atoms. The van der Waals surface area contributed by atoms with Gasteiger partial charge in [-0.25, -0.2) is 9.97 Å². The van der Waals surface area contributed by atoms with Gasteiger partial charge in [0.2, 0.25) is 0 Å². The quantitative estimate of drug-likeness (QED) is 0.596. The van der Waals surface area contributed by atoms with Crippen LogP contribution in [0.1, 0.15) is 42.4 Å². The number of fused-ring (bicyclic) bond motifs is 1. The Bertz CT molecular complexity index is 868. The van der Waals surface area contributed by atoms with Crippen LogP contribution in [0.5, 0.6) is 0 Å². The van der Waals surface area contributed by atoms with Crippen LogP contribution < -0.4 is 0 Å². The molecule has 0 unspecified atom stereocenters. The van der Waals surface area contributed by atoms with Crippen molar-refractivity contribution in [2.75, 3.05) is 6.54 Å².